The summed E-state index contributed by atoms with van der Waals surface area (Å²) in [6.45, 7) is 5.54. The quantitative estimate of drug-likeness (QED) is 0.603. The van der Waals surface area contributed by atoms with E-state index in [-0.39, 0.29) is 5.91 Å². The van der Waals surface area contributed by atoms with Crippen LogP contribution in [0.4, 0.5) is 0 Å². The van der Waals surface area contributed by atoms with Crippen LogP contribution in [0, 0.1) is 0 Å². The highest BCUT2D eigenvalue weighted by molar-refractivity contribution is 7.99. The van der Waals surface area contributed by atoms with Crippen LogP contribution in [0.15, 0.2) is 29.2 Å². The first-order valence-electron chi connectivity index (χ1n) is 5.88. The Morgan fingerprint density at radius 3 is 2.53 bits per heavy atom. The van der Waals surface area contributed by atoms with Crippen molar-refractivity contribution in [1.29, 1.82) is 0 Å². The van der Waals surface area contributed by atoms with E-state index in [1.807, 2.05) is 24.3 Å². The maximum absolute atomic E-state index is 11.7. The molecule has 1 aromatic carbocycles. The van der Waals surface area contributed by atoms with E-state index in [1.165, 1.54) is 4.90 Å². The highest BCUT2D eigenvalue weighted by Crippen LogP contribution is 2.22. The molecule has 0 bridgehead atoms. The summed E-state index contributed by atoms with van der Waals surface area (Å²) in [4.78, 5) is 12.9. The Labute approximate surface area is 107 Å². The number of carbonyl (C=O) groups is 1. The molecule has 0 heterocycles. The Morgan fingerprint density at radius 2 is 2.00 bits per heavy atom. The number of benzene rings is 1. The minimum Gasteiger partial charge on any atom is -0.352 e. The maximum Gasteiger partial charge on any atom is 0.251 e. The molecule has 3 N–H and O–H groups in total. The zero-order valence-electron chi connectivity index (χ0n) is 10.4. The SMILES string of the molecule is CC(C)Sc1ccc(C(=O)NCCCN)cc1. The zero-order valence-corrected chi connectivity index (χ0v) is 11.2. The lowest BCUT2D eigenvalue weighted by Gasteiger charge is -2.07. The van der Waals surface area contributed by atoms with E-state index in [1.54, 1.807) is 11.8 Å². The van der Waals surface area contributed by atoms with Gasteiger partial charge in [0.15, 0.2) is 0 Å². The van der Waals surface area contributed by atoms with Gasteiger partial charge in [0.1, 0.15) is 0 Å². The number of nitrogens with two attached hydrogens (primary N) is 1. The van der Waals surface area contributed by atoms with Gasteiger partial charge >= 0.3 is 0 Å². The summed E-state index contributed by atoms with van der Waals surface area (Å²) in [7, 11) is 0. The van der Waals surface area contributed by atoms with Crippen LogP contribution in [-0.4, -0.2) is 24.2 Å². The second kappa shape index (κ2) is 7.35. The Balaban J connectivity index is 2.52. The second-order valence-electron chi connectivity index (χ2n) is 4.09. The van der Waals surface area contributed by atoms with Gasteiger partial charge in [0, 0.05) is 22.3 Å². The summed E-state index contributed by atoms with van der Waals surface area (Å²) >= 11 is 1.79. The number of hydrogen-bond acceptors (Lipinski definition) is 3. The van der Waals surface area contributed by atoms with Gasteiger partial charge < -0.3 is 11.1 Å². The van der Waals surface area contributed by atoms with Crippen molar-refractivity contribution < 1.29 is 4.79 Å². The van der Waals surface area contributed by atoms with Crippen LogP contribution in [0.5, 0.6) is 0 Å². The molecule has 0 atom stereocenters. The van der Waals surface area contributed by atoms with Crippen LogP contribution in [-0.2, 0) is 0 Å². The fourth-order valence-electron chi connectivity index (χ4n) is 1.36. The van der Waals surface area contributed by atoms with E-state index >= 15 is 0 Å². The lowest BCUT2D eigenvalue weighted by Crippen LogP contribution is -2.25. The zero-order chi connectivity index (χ0) is 12.7. The van der Waals surface area contributed by atoms with E-state index in [9.17, 15) is 4.79 Å². The van der Waals surface area contributed by atoms with Crippen molar-refractivity contribution in [2.24, 2.45) is 5.73 Å². The molecule has 1 aromatic rings. The molecule has 0 aromatic heterocycles. The molecule has 1 rings (SSSR count). The third kappa shape index (κ3) is 5.24. The van der Waals surface area contributed by atoms with E-state index < -0.39 is 0 Å². The molecule has 0 saturated carbocycles. The maximum atomic E-state index is 11.7. The highest BCUT2D eigenvalue weighted by atomic mass is 32.2. The Kier molecular flexibility index (Phi) is 6.08. The van der Waals surface area contributed by atoms with E-state index in [0.29, 0.717) is 23.9 Å². The topological polar surface area (TPSA) is 55.1 Å². The van der Waals surface area contributed by atoms with Gasteiger partial charge in [-0.1, -0.05) is 13.8 Å². The molecule has 17 heavy (non-hydrogen) atoms. The average molecular weight is 252 g/mol. The van der Waals surface area contributed by atoms with Gasteiger partial charge in [0.05, 0.1) is 0 Å². The van der Waals surface area contributed by atoms with Gasteiger partial charge in [0.2, 0.25) is 0 Å². The van der Waals surface area contributed by atoms with Crippen LogP contribution in [0.3, 0.4) is 0 Å². The molecule has 0 aliphatic heterocycles. The molecular formula is C13H20N2OS. The lowest BCUT2D eigenvalue weighted by molar-refractivity contribution is 0.0953. The van der Waals surface area contributed by atoms with Crippen molar-refractivity contribution in [3.05, 3.63) is 29.8 Å². The molecular weight excluding hydrogens is 232 g/mol. The molecule has 0 radical (unpaired) electrons. The van der Waals surface area contributed by atoms with Crippen LogP contribution in [0.2, 0.25) is 0 Å². The van der Waals surface area contributed by atoms with Crippen molar-refractivity contribution in [2.45, 2.75) is 30.4 Å². The number of rotatable bonds is 6. The van der Waals surface area contributed by atoms with Crippen molar-refractivity contribution in [3.8, 4) is 0 Å². The number of thioether (sulfide) groups is 1. The van der Waals surface area contributed by atoms with Crippen LogP contribution >= 0.6 is 11.8 Å². The molecule has 0 aliphatic rings. The fraction of sp³-hybridized carbons (Fsp3) is 0.462. The van der Waals surface area contributed by atoms with Gasteiger partial charge in [-0.2, -0.15) is 0 Å². The van der Waals surface area contributed by atoms with Crippen LogP contribution in [0.1, 0.15) is 30.6 Å². The van der Waals surface area contributed by atoms with Gasteiger partial charge in [-0.15, -0.1) is 11.8 Å². The van der Waals surface area contributed by atoms with E-state index in [2.05, 4.69) is 19.2 Å². The Bertz CT molecular complexity index is 349. The van der Waals surface area contributed by atoms with E-state index in [4.69, 9.17) is 5.73 Å². The molecule has 1 amide bonds. The summed E-state index contributed by atoms with van der Waals surface area (Å²) in [6, 6.07) is 7.70. The van der Waals surface area contributed by atoms with E-state index in [0.717, 1.165) is 6.42 Å². The van der Waals surface area contributed by atoms with Gasteiger partial charge in [-0.05, 0) is 37.2 Å². The summed E-state index contributed by atoms with van der Waals surface area (Å²) in [5.41, 5.74) is 6.07. The number of amides is 1. The fourth-order valence-corrected chi connectivity index (χ4v) is 2.20. The number of hydrogen-bond donors (Lipinski definition) is 2. The molecule has 0 fully saturated rings. The Morgan fingerprint density at radius 1 is 1.35 bits per heavy atom. The molecule has 0 spiro atoms. The number of nitrogens with one attached hydrogen (secondary N) is 1. The summed E-state index contributed by atoms with van der Waals surface area (Å²) in [5.74, 6) is -0.0282. The molecule has 0 saturated heterocycles. The summed E-state index contributed by atoms with van der Waals surface area (Å²) < 4.78 is 0. The minimum absolute atomic E-state index is 0.0282. The molecule has 94 valence electrons. The van der Waals surface area contributed by atoms with Crippen molar-refractivity contribution in [1.82, 2.24) is 5.32 Å². The first-order chi connectivity index (χ1) is 8.13. The van der Waals surface area contributed by atoms with Crippen LogP contribution < -0.4 is 11.1 Å². The summed E-state index contributed by atoms with van der Waals surface area (Å²) in [6.07, 6.45) is 0.813. The van der Waals surface area contributed by atoms with Gasteiger partial charge in [0.25, 0.3) is 5.91 Å². The van der Waals surface area contributed by atoms with Crippen molar-refractivity contribution >= 4 is 17.7 Å². The molecule has 4 heteroatoms. The lowest BCUT2D eigenvalue weighted by atomic mass is 10.2. The Hall–Kier alpha value is -1.00. The highest BCUT2D eigenvalue weighted by Gasteiger charge is 2.05. The third-order valence-electron chi connectivity index (χ3n) is 2.15. The molecule has 0 aliphatic carbocycles. The average Bonchev–Trinajstić information content (AvgIpc) is 2.29. The monoisotopic (exact) mass is 252 g/mol. The van der Waals surface area contributed by atoms with Gasteiger partial charge in [-0.25, -0.2) is 0 Å². The normalized spacial score (nSPS) is 10.6. The molecule has 0 unspecified atom stereocenters. The number of carbonyl (C=O) groups excluding carboxylic acids is 1. The van der Waals surface area contributed by atoms with Gasteiger partial charge in [-0.3, -0.25) is 4.79 Å². The van der Waals surface area contributed by atoms with Crippen molar-refractivity contribution in [3.63, 3.8) is 0 Å². The molecule has 3 nitrogen and oxygen atoms in total. The van der Waals surface area contributed by atoms with Crippen molar-refractivity contribution in [2.75, 3.05) is 13.1 Å². The smallest absolute Gasteiger partial charge is 0.251 e. The predicted molar refractivity (Wildman–Crippen MR) is 73.4 cm³/mol. The first-order valence-corrected chi connectivity index (χ1v) is 6.76. The van der Waals surface area contributed by atoms with Crippen LogP contribution in [0.25, 0.3) is 0 Å². The second-order valence-corrected chi connectivity index (χ2v) is 5.74. The third-order valence-corrected chi connectivity index (χ3v) is 3.17. The minimum atomic E-state index is -0.0282. The predicted octanol–water partition coefficient (Wildman–Crippen LogP) is 2.27. The largest absolute Gasteiger partial charge is 0.352 e. The first kappa shape index (κ1) is 14.1. The summed E-state index contributed by atoms with van der Waals surface area (Å²) in [5, 5.41) is 3.39. The standard InChI is InChI=1S/C13H20N2OS/c1-10(2)17-12-6-4-11(5-7-12)13(16)15-9-3-8-14/h4-7,10H,3,8-9,14H2,1-2H3,(H,15,16).